The molecular formula is C21H30ClNO3. The Morgan fingerprint density at radius 1 is 1.23 bits per heavy atom. The molecule has 0 aromatic heterocycles. The van der Waals surface area contributed by atoms with Crippen molar-refractivity contribution in [3.05, 3.63) is 10.7 Å². The van der Waals surface area contributed by atoms with Crippen molar-refractivity contribution < 1.29 is 14.3 Å². The molecule has 1 amide bonds. The van der Waals surface area contributed by atoms with E-state index in [4.69, 9.17) is 16.3 Å². The average Bonchev–Trinajstić information content (AvgIpc) is 2.94. The van der Waals surface area contributed by atoms with Crippen LogP contribution < -0.4 is 5.32 Å². The number of carbonyl (C=O) groups is 2. The van der Waals surface area contributed by atoms with E-state index < -0.39 is 0 Å². The summed E-state index contributed by atoms with van der Waals surface area (Å²) in [6.45, 7) is 6.94. The highest BCUT2D eigenvalue weighted by atomic mass is 35.5. The maximum absolute atomic E-state index is 12.6. The number of ether oxygens (including phenoxy) is 1. The normalized spacial score (nSPS) is 44.7. The summed E-state index contributed by atoms with van der Waals surface area (Å²) >= 11 is 6.72. The lowest BCUT2D eigenvalue weighted by Gasteiger charge is -2.57. The predicted octanol–water partition coefficient (Wildman–Crippen LogP) is 4.38. The summed E-state index contributed by atoms with van der Waals surface area (Å²) in [6, 6.07) is 0. The smallest absolute Gasteiger partial charge is 0.309 e. The predicted molar refractivity (Wildman–Crippen MR) is 100 cm³/mol. The molecule has 1 N–H and O–H groups in total. The van der Waals surface area contributed by atoms with E-state index in [0.29, 0.717) is 30.8 Å². The van der Waals surface area contributed by atoms with Crippen molar-refractivity contribution in [1.29, 1.82) is 0 Å². The van der Waals surface area contributed by atoms with Crippen molar-refractivity contribution in [2.75, 3.05) is 6.61 Å². The quantitative estimate of drug-likeness (QED) is 0.724. The molecule has 2 saturated carbocycles. The lowest BCUT2D eigenvalue weighted by molar-refractivity contribution is -0.155. The summed E-state index contributed by atoms with van der Waals surface area (Å²) in [4.78, 5) is 24.5. The summed E-state index contributed by atoms with van der Waals surface area (Å²) in [5.41, 5.74) is 0.980. The molecule has 3 aliphatic carbocycles. The highest BCUT2D eigenvalue weighted by Crippen LogP contribution is 2.66. The van der Waals surface area contributed by atoms with E-state index in [1.807, 2.05) is 6.92 Å². The van der Waals surface area contributed by atoms with Crippen LogP contribution in [-0.2, 0) is 14.3 Å². The third kappa shape index (κ3) is 2.47. The molecular weight excluding hydrogens is 350 g/mol. The number of carbonyl (C=O) groups excluding carboxylic acids is 2. The van der Waals surface area contributed by atoms with Crippen LogP contribution in [-0.4, -0.2) is 18.5 Å². The Bertz CT molecular complexity index is 674. The van der Waals surface area contributed by atoms with Crippen LogP contribution in [0.15, 0.2) is 10.7 Å². The third-order valence-electron chi connectivity index (χ3n) is 8.22. The number of halogens is 1. The van der Waals surface area contributed by atoms with E-state index >= 15 is 0 Å². The fourth-order valence-corrected chi connectivity index (χ4v) is 7.33. The topological polar surface area (TPSA) is 55.4 Å². The average molecular weight is 380 g/mol. The zero-order valence-electron chi connectivity index (χ0n) is 16.1. The van der Waals surface area contributed by atoms with Crippen molar-refractivity contribution in [2.45, 2.75) is 65.7 Å². The van der Waals surface area contributed by atoms with Crippen LogP contribution in [0.25, 0.3) is 0 Å². The van der Waals surface area contributed by atoms with Crippen molar-refractivity contribution in [3.63, 3.8) is 0 Å². The first kappa shape index (κ1) is 18.3. The van der Waals surface area contributed by atoms with Crippen LogP contribution in [0.2, 0.25) is 0 Å². The minimum absolute atomic E-state index is 0.00905. The number of hydrogen-bond donors (Lipinski definition) is 1. The molecule has 1 unspecified atom stereocenters. The van der Waals surface area contributed by atoms with Crippen molar-refractivity contribution in [1.82, 2.24) is 5.32 Å². The minimum Gasteiger partial charge on any atom is -0.466 e. The summed E-state index contributed by atoms with van der Waals surface area (Å²) in [6.07, 6.45) is 6.50. The molecule has 26 heavy (non-hydrogen) atoms. The molecule has 0 radical (unpaired) electrons. The first-order valence-electron chi connectivity index (χ1n) is 10.2. The maximum atomic E-state index is 12.6. The van der Waals surface area contributed by atoms with Crippen LogP contribution in [0, 0.1) is 34.5 Å². The lowest BCUT2D eigenvalue weighted by Crippen LogP contribution is -2.54. The number of amides is 1. The van der Waals surface area contributed by atoms with Crippen molar-refractivity contribution >= 4 is 23.5 Å². The summed E-state index contributed by atoms with van der Waals surface area (Å²) in [5.74, 6) is 1.67. The van der Waals surface area contributed by atoms with Gasteiger partial charge in [-0.15, -0.1) is 0 Å². The van der Waals surface area contributed by atoms with Gasteiger partial charge in [-0.05, 0) is 68.6 Å². The van der Waals surface area contributed by atoms with E-state index in [0.717, 1.165) is 49.3 Å². The SMILES string of the molecule is CCOC(=O)C1CC[C@H]2[C@@H]3CC(Cl)=C4NC(=O)CC[C@]4(C)[C@@H]3CC[C@]12C. The number of rotatable bonds is 2. The first-order valence-corrected chi connectivity index (χ1v) is 10.5. The fraction of sp³-hybridized carbons (Fsp3) is 0.810. The number of piperidine rings is 1. The van der Waals surface area contributed by atoms with Gasteiger partial charge in [0.15, 0.2) is 0 Å². The second kappa shape index (κ2) is 6.25. The molecule has 0 aromatic carbocycles. The Labute approximate surface area is 161 Å². The Balaban J connectivity index is 1.66. The second-order valence-corrected chi connectivity index (χ2v) is 9.71. The lowest BCUT2D eigenvalue weighted by atomic mass is 9.49. The van der Waals surface area contributed by atoms with Gasteiger partial charge in [0.05, 0.1) is 12.5 Å². The maximum Gasteiger partial charge on any atom is 0.309 e. The minimum atomic E-state index is -0.0305. The number of fused-ring (bicyclic) bond motifs is 5. The molecule has 5 heteroatoms. The van der Waals surface area contributed by atoms with Gasteiger partial charge in [-0.2, -0.15) is 0 Å². The van der Waals surface area contributed by atoms with Gasteiger partial charge in [-0.1, -0.05) is 25.4 Å². The number of esters is 1. The molecule has 1 aliphatic heterocycles. The monoisotopic (exact) mass is 379 g/mol. The van der Waals surface area contributed by atoms with Crippen LogP contribution in [0.3, 0.4) is 0 Å². The van der Waals surface area contributed by atoms with Crippen LogP contribution >= 0.6 is 11.6 Å². The zero-order chi connectivity index (χ0) is 18.7. The highest BCUT2D eigenvalue weighted by molar-refractivity contribution is 6.30. The number of hydrogen-bond acceptors (Lipinski definition) is 3. The molecule has 4 aliphatic rings. The Kier molecular flexibility index (Phi) is 4.41. The van der Waals surface area contributed by atoms with Gasteiger partial charge in [0.2, 0.25) is 5.91 Å². The molecule has 0 spiro atoms. The molecule has 3 fully saturated rings. The van der Waals surface area contributed by atoms with Crippen molar-refractivity contribution in [2.24, 2.45) is 34.5 Å². The second-order valence-electron chi connectivity index (χ2n) is 9.25. The standard InChI is InChI=1S/C21H30ClNO3/c1-4-26-19(25)15-6-5-13-12-11-16(22)18-21(3,10-8-17(24)23-18)14(12)7-9-20(13,15)2/h12-15H,4-11H2,1-3H3,(H,23,24)/t12-,13-,14+,15?,20-,21+/m0/s1. The van der Waals surface area contributed by atoms with E-state index in [1.54, 1.807) is 0 Å². The highest BCUT2D eigenvalue weighted by Gasteiger charge is 2.61. The van der Waals surface area contributed by atoms with Gasteiger partial charge >= 0.3 is 5.97 Å². The van der Waals surface area contributed by atoms with E-state index in [2.05, 4.69) is 19.2 Å². The van der Waals surface area contributed by atoms with Crippen LogP contribution in [0.4, 0.5) is 0 Å². The molecule has 144 valence electrons. The molecule has 6 atom stereocenters. The van der Waals surface area contributed by atoms with E-state index in [9.17, 15) is 9.59 Å². The van der Waals surface area contributed by atoms with Gasteiger partial charge in [0.25, 0.3) is 0 Å². The van der Waals surface area contributed by atoms with Gasteiger partial charge in [-0.25, -0.2) is 0 Å². The largest absolute Gasteiger partial charge is 0.466 e. The Morgan fingerprint density at radius 2 is 2.00 bits per heavy atom. The summed E-state index contributed by atoms with van der Waals surface area (Å²) in [7, 11) is 0. The van der Waals surface area contributed by atoms with Crippen LogP contribution in [0.1, 0.15) is 65.7 Å². The fourth-order valence-electron chi connectivity index (χ4n) is 6.89. The number of allylic oxidation sites excluding steroid dienone is 2. The van der Waals surface area contributed by atoms with Gasteiger partial charge < -0.3 is 10.1 Å². The molecule has 4 nitrogen and oxygen atoms in total. The van der Waals surface area contributed by atoms with E-state index in [1.165, 1.54) is 0 Å². The van der Waals surface area contributed by atoms with Gasteiger partial charge in [0, 0.05) is 22.6 Å². The number of nitrogens with one attached hydrogen (secondary N) is 1. The summed E-state index contributed by atoms with van der Waals surface area (Å²) in [5, 5.41) is 3.93. The van der Waals surface area contributed by atoms with E-state index in [-0.39, 0.29) is 28.6 Å². The Morgan fingerprint density at radius 3 is 2.73 bits per heavy atom. The first-order chi connectivity index (χ1) is 12.3. The van der Waals surface area contributed by atoms with Gasteiger partial charge in [0.1, 0.15) is 0 Å². The Hall–Kier alpha value is -1.03. The molecule has 4 rings (SSSR count). The summed E-state index contributed by atoms with van der Waals surface area (Å²) < 4.78 is 5.39. The van der Waals surface area contributed by atoms with Crippen LogP contribution in [0.5, 0.6) is 0 Å². The van der Waals surface area contributed by atoms with Gasteiger partial charge in [-0.3, -0.25) is 9.59 Å². The molecule has 0 bridgehead atoms. The third-order valence-corrected chi connectivity index (χ3v) is 8.56. The zero-order valence-corrected chi connectivity index (χ0v) is 16.8. The molecule has 0 aromatic rings. The molecule has 1 heterocycles. The van der Waals surface area contributed by atoms with Crippen molar-refractivity contribution in [3.8, 4) is 0 Å². The molecule has 1 saturated heterocycles.